The summed E-state index contributed by atoms with van der Waals surface area (Å²) in [4.78, 5) is 30.7. The zero-order valence-corrected chi connectivity index (χ0v) is 20.3. The first kappa shape index (κ1) is 23.0. The van der Waals surface area contributed by atoms with Crippen molar-refractivity contribution in [2.75, 3.05) is 31.1 Å². The summed E-state index contributed by atoms with van der Waals surface area (Å²) >= 11 is 0. The number of carbonyl (C=O) groups is 1. The molecular formula is C27H31N7O. The van der Waals surface area contributed by atoms with Crippen LogP contribution in [0.25, 0.3) is 17.3 Å². The lowest BCUT2D eigenvalue weighted by atomic mass is 10.0. The fraction of sp³-hybridized carbons (Fsp3) is 0.333. The van der Waals surface area contributed by atoms with Crippen LogP contribution in [0, 0.1) is 6.92 Å². The van der Waals surface area contributed by atoms with Crippen LogP contribution >= 0.6 is 0 Å². The van der Waals surface area contributed by atoms with Crippen LogP contribution in [0.4, 0.5) is 5.82 Å². The summed E-state index contributed by atoms with van der Waals surface area (Å²) in [7, 11) is 1.96. The lowest BCUT2D eigenvalue weighted by Gasteiger charge is -2.35. The van der Waals surface area contributed by atoms with Gasteiger partial charge in [-0.25, -0.2) is 15.0 Å². The monoisotopic (exact) mass is 469 g/mol. The molecule has 0 radical (unpaired) electrons. The highest BCUT2D eigenvalue weighted by Gasteiger charge is 2.31. The molecular weight excluding hydrogens is 438 g/mol. The van der Waals surface area contributed by atoms with Gasteiger partial charge in [0.25, 0.3) is 5.91 Å². The normalized spacial score (nSPS) is 16.9. The summed E-state index contributed by atoms with van der Waals surface area (Å²) in [5.41, 5.74) is 4.63. The van der Waals surface area contributed by atoms with Gasteiger partial charge < -0.3 is 14.8 Å². The van der Waals surface area contributed by atoms with Crippen LogP contribution in [0.5, 0.6) is 0 Å². The van der Waals surface area contributed by atoms with Gasteiger partial charge in [0.2, 0.25) is 0 Å². The Balaban J connectivity index is 1.30. The minimum absolute atomic E-state index is 0.232. The van der Waals surface area contributed by atoms with Crippen molar-refractivity contribution in [3.05, 3.63) is 71.6 Å². The number of nitrogens with zero attached hydrogens (tertiary/aromatic N) is 6. The molecule has 0 unspecified atom stereocenters. The number of anilines is 1. The Morgan fingerprint density at radius 1 is 1.17 bits per heavy atom. The van der Waals surface area contributed by atoms with E-state index in [1.165, 1.54) is 12.8 Å². The van der Waals surface area contributed by atoms with Crippen LogP contribution in [-0.2, 0) is 7.05 Å². The minimum Gasteiger partial charge on any atom is -0.354 e. The highest BCUT2D eigenvalue weighted by molar-refractivity contribution is 5.96. The third-order valence-electron chi connectivity index (χ3n) is 6.81. The number of aryl methyl sites for hydroxylation is 2. The predicted octanol–water partition coefficient (Wildman–Crippen LogP) is 3.50. The van der Waals surface area contributed by atoms with Crippen molar-refractivity contribution in [1.82, 2.24) is 24.8 Å². The van der Waals surface area contributed by atoms with E-state index in [1.54, 1.807) is 18.6 Å². The van der Waals surface area contributed by atoms with Gasteiger partial charge in [-0.3, -0.25) is 9.69 Å². The standard InChI is InChI=1S/C27H31N7O/c1-19-4-5-20(24-17-29-18-32(24)3)14-22(19)15-25(28-2)31-27(35)21-8-9-30-26(16-21)34-12-10-33(11-13-34)23-6-7-23/h4-5,8-9,14-18,23H,2,6-7,10-13H2,1,3H3,(H,31,35)/b25-15+. The molecule has 1 aromatic carbocycles. The Kier molecular flexibility index (Phi) is 6.46. The van der Waals surface area contributed by atoms with Gasteiger partial charge in [0.1, 0.15) is 11.6 Å². The molecule has 3 aromatic rings. The topological polar surface area (TPSA) is 78.6 Å². The SMILES string of the molecule is C=N/C(=C\c1cc(-c2cncn2C)ccc1C)NC(=O)c1ccnc(N2CCN(C3CC3)CC2)c1. The fourth-order valence-electron chi connectivity index (χ4n) is 4.54. The van der Waals surface area contributed by atoms with Crippen molar-refractivity contribution in [2.45, 2.75) is 25.8 Å². The lowest BCUT2D eigenvalue weighted by molar-refractivity contribution is 0.0966. The summed E-state index contributed by atoms with van der Waals surface area (Å²) in [6, 6.07) is 10.6. The zero-order chi connectivity index (χ0) is 24.4. The Hall–Kier alpha value is -3.78. The minimum atomic E-state index is -0.232. The number of carbonyl (C=O) groups excluding carboxylic acids is 1. The molecule has 35 heavy (non-hydrogen) atoms. The second-order valence-corrected chi connectivity index (χ2v) is 9.26. The number of rotatable bonds is 7. The molecule has 1 saturated heterocycles. The van der Waals surface area contributed by atoms with Crippen LogP contribution in [0.1, 0.15) is 34.3 Å². The van der Waals surface area contributed by atoms with Crippen LogP contribution in [0.3, 0.4) is 0 Å². The molecule has 0 atom stereocenters. The van der Waals surface area contributed by atoms with Gasteiger partial charge in [0, 0.05) is 56.6 Å². The smallest absolute Gasteiger partial charge is 0.257 e. The van der Waals surface area contributed by atoms with E-state index in [2.05, 4.69) is 55.0 Å². The largest absolute Gasteiger partial charge is 0.354 e. The van der Waals surface area contributed by atoms with Crippen molar-refractivity contribution in [3.63, 3.8) is 0 Å². The van der Waals surface area contributed by atoms with E-state index in [-0.39, 0.29) is 5.91 Å². The first-order chi connectivity index (χ1) is 17.0. The van der Waals surface area contributed by atoms with Gasteiger partial charge in [-0.1, -0.05) is 12.1 Å². The van der Waals surface area contributed by atoms with E-state index in [1.807, 2.05) is 36.9 Å². The molecule has 2 aliphatic rings. The van der Waals surface area contributed by atoms with Gasteiger partial charge in [-0.15, -0.1) is 0 Å². The molecule has 2 fully saturated rings. The molecule has 1 aliphatic carbocycles. The number of benzene rings is 1. The van der Waals surface area contributed by atoms with Crippen molar-refractivity contribution in [1.29, 1.82) is 0 Å². The average Bonchev–Trinajstić information content (AvgIpc) is 3.65. The molecule has 5 rings (SSSR count). The molecule has 1 saturated carbocycles. The quantitative estimate of drug-likeness (QED) is 0.536. The first-order valence-corrected chi connectivity index (χ1v) is 12.0. The summed E-state index contributed by atoms with van der Waals surface area (Å²) in [5, 5.41) is 2.91. The molecule has 3 heterocycles. The summed E-state index contributed by atoms with van der Waals surface area (Å²) in [6.07, 6.45) is 9.81. The number of imidazole rings is 1. The van der Waals surface area contributed by atoms with Crippen LogP contribution < -0.4 is 10.2 Å². The maximum atomic E-state index is 13.1. The fourth-order valence-corrected chi connectivity index (χ4v) is 4.54. The van der Waals surface area contributed by atoms with E-state index < -0.39 is 0 Å². The van der Waals surface area contributed by atoms with E-state index in [0.29, 0.717) is 11.4 Å². The molecule has 2 aromatic heterocycles. The highest BCUT2D eigenvalue weighted by Crippen LogP contribution is 2.28. The average molecular weight is 470 g/mol. The Labute approximate surface area is 206 Å². The maximum Gasteiger partial charge on any atom is 0.257 e. The van der Waals surface area contributed by atoms with Crippen molar-refractivity contribution < 1.29 is 4.79 Å². The summed E-state index contributed by atoms with van der Waals surface area (Å²) in [6.45, 7) is 9.65. The van der Waals surface area contributed by atoms with Gasteiger partial charge >= 0.3 is 0 Å². The number of aliphatic imine (C=N–C) groups is 1. The molecule has 1 aliphatic heterocycles. The van der Waals surface area contributed by atoms with Gasteiger partial charge in [0.05, 0.1) is 18.2 Å². The van der Waals surface area contributed by atoms with E-state index in [9.17, 15) is 4.79 Å². The third kappa shape index (κ3) is 5.17. The van der Waals surface area contributed by atoms with Crippen LogP contribution in [0.15, 0.2) is 59.9 Å². The molecule has 180 valence electrons. The molecule has 1 N–H and O–H groups in total. The summed E-state index contributed by atoms with van der Waals surface area (Å²) in [5.74, 6) is 1.01. The van der Waals surface area contributed by atoms with Gasteiger partial charge in [0.15, 0.2) is 0 Å². The number of amides is 1. The van der Waals surface area contributed by atoms with Crippen molar-refractivity contribution >= 4 is 24.5 Å². The predicted molar refractivity (Wildman–Crippen MR) is 139 cm³/mol. The summed E-state index contributed by atoms with van der Waals surface area (Å²) < 4.78 is 1.97. The first-order valence-electron chi connectivity index (χ1n) is 12.0. The Morgan fingerprint density at radius 2 is 1.97 bits per heavy atom. The number of piperazine rings is 1. The highest BCUT2D eigenvalue weighted by atomic mass is 16.1. The lowest BCUT2D eigenvalue weighted by Crippen LogP contribution is -2.47. The van der Waals surface area contributed by atoms with E-state index in [4.69, 9.17) is 0 Å². The molecule has 8 heteroatoms. The van der Waals surface area contributed by atoms with E-state index in [0.717, 1.165) is 60.4 Å². The van der Waals surface area contributed by atoms with Gasteiger partial charge in [-0.2, -0.15) is 0 Å². The van der Waals surface area contributed by atoms with Crippen LogP contribution in [-0.4, -0.2) is 64.3 Å². The maximum absolute atomic E-state index is 13.1. The number of pyridine rings is 1. The van der Waals surface area contributed by atoms with Crippen molar-refractivity contribution in [2.24, 2.45) is 12.0 Å². The molecule has 1 amide bonds. The second-order valence-electron chi connectivity index (χ2n) is 9.26. The number of nitrogens with one attached hydrogen (secondary N) is 1. The molecule has 0 bridgehead atoms. The number of hydrogen-bond acceptors (Lipinski definition) is 6. The Bertz CT molecular complexity index is 1270. The number of hydrogen-bond donors (Lipinski definition) is 1. The zero-order valence-electron chi connectivity index (χ0n) is 20.3. The van der Waals surface area contributed by atoms with E-state index >= 15 is 0 Å². The van der Waals surface area contributed by atoms with Gasteiger partial charge in [-0.05, 0) is 61.9 Å². The molecule has 0 spiro atoms. The Morgan fingerprint density at radius 3 is 2.66 bits per heavy atom. The third-order valence-corrected chi connectivity index (χ3v) is 6.81. The number of aromatic nitrogens is 3. The second kappa shape index (κ2) is 9.84. The molecule has 8 nitrogen and oxygen atoms in total. The van der Waals surface area contributed by atoms with Crippen LogP contribution in [0.2, 0.25) is 0 Å². The van der Waals surface area contributed by atoms with Crippen molar-refractivity contribution in [3.8, 4) is 11.3 Å².